The second-order valence-corrected chi connectivity index (χ2v) is 3.23. The highest BCUT2D eigenvalue weighted by molar-refractivity contribution is 5.68. The van der Waals surface area contributed by atoms with Crippen LogP contribution in [0.5, 0.6) is 0 Å². The van der Waals surface area contributed by atoms with E-state index >= 15 is 0 Å². The predicted octanol–water partition coefficient (Wildman–Crippen LogP) is 0.0341. The molecule has 2 heterocycles. The van der Waals surface area contributed by atoms with Crippen molar-refractivity contribution in [3.63, 3.8) is 0 Å². The quantitative estimate of drug-likeness (QED) is 0.666. The van der Waals surface area contributed by atoms with Crippen LogP contribution in [-0.2, 0) is 6.42 Å². The molecule has 1 atom stereocenters. The number of carbonyl (C=O) groups is 1. The van der Waals surface area contributed by atoms with Crippen molar-refractivity contribution in [2.45, 2.75) is 12.8 Å². The third-order valence-corrected chi connectivity index (χ3v) is 2.21. The van der Waals surface area contributed by atoms with Gasteiger partial charge in [-0.2, -0.15) is 4.98 Å². The maximum atomic E-state index is 10.3. The van der Waals surface area contributed by atoms with E-state index in [-0.39, 0.29) is 5.82 Å². The van der Waals surface area contributed by atoms with Gasteiger partial charge in [-0.3, -0.25) is 4.79 Å². The molecule has 0 saturated carbocycles. The highest BCUT2D eigenvalue weighted by Gasteiger charge is 2.18. The summed E-state index contributed by atoms with van der Waals surface area (Å²) in [6.07, 6.45) is 2.51. The summed E-state index contributed by atoms with van der Waals surface area (Å²) in [6.45, 7) is 2.05. The lowest BCUT2D eigenvalue weighted by molar-refractivity contribution is 0.111. The van der Waals surface area contributed by atoms with Crippen LogP contribution in [0.2, 0.25) is 0 Å². The largest absolute Gasteiger partial charge is 0.339 e. The zero-order valence-electron chi connectivity index (χ0n) is 7.19. The van der Waals surface area contributed by atoms with Crippen LogP contribution < -0.4 is 5.32 Å². The van der Waals surface area contributed by atoms with Gasteiger partial charge in [0.1, 0.15) is 0 Å². The van der Waals surface area contributed by atoms with Gasteiger partial charge in [0.2, 0.25) is 11.7 Å². The number of nitrogens with one attached hydrogen (secondary N) is 1. The van der Waals surface area contributed by atoms with Crippen LogP contribution >= 0.6 is 0 Å². The molecule has 13 heavy (non-hydrogen) atoms. The average molecular weight is 181 g/mol. The second-order valence-electron chi connectivity index (χ2n) is 3.23. The minimum Gasteiger partial charge on any atom is -0.339 e. The highest BCUT2D eigenvalue weighted by atomic mass is 16.5. The monoisotopic (exact) mass is 181 g/mol. The van der Waals surface area contributed by atoms with Gasteiger partial charge in [0.25, 0.3) is 0 Å². The van der Waals surface area contributed by atoms with Crippen molar-refractivity contribution in [1.82, 2.24) is 15.5 Å². The molecule has 1 aliphatic rings. The SMILES string of the molecule is O=Cc1noc(CC2CCNC2)n1. The van der Waals surface area contributed by atoms with E-state index in [0.29, 0.717) is 18.1 Å². The lowest BCUT2D eigenvalue weighted by Crippen LogP contribution is -2.10. The average Bonchev–Trinajstić information content (AvgIpc) is 2.76. The molecule has 1 aromatic heterocycles. The standard InChI is InChI=1S/C8H11N3O2/c12-5-7-10-8(13-11-7)3-6-1-2-9-4-6/h5-6,9H,1-4H2. The summed E-state index contributed by atoms with van der Waals surface area (Å²) in [5.74, 6) is 1.27. The summed E-state index contributed by atoms with van der Waals surface area (Å²) in [5, 5.41) is 6.76. The Morgan fingerprint density at radius 3 is 3.23 bits per heavy atom. The number of aldehydes is 1. The lowest BCUT2D eigenvalue weighted by atomic mass is 10.1. The summed E-state index contributed by atoms with van der Waals surface area (Å²) >= 11 is 0. The number of hydrogen-bond donors (Lipinski definition) is 1. The lowest BCUT2D eigenvalue weighted by Gasteiger charge is -2.01. The van der Waals surface area contributed by atoms with Crippen molar-refractivity contribution < 1.29 is 9.32 Å². The first kappa shape index (κ1) is 8.37. The molecule has 1 aromatic rings. The summed E-state index contributed by atoms with van der Waals surface area (Å²) < 4.78 is 4.90. The van der Waals surface area contributed by atoms with Crippen molar-refractivity contribution in [3.05, 3.63) is 11.7 Å². The van der Waals surface area contributed by atoms with E-state index in [1.807, 2.05) is 0 Å². The highest BCUT2D eigenvalue weighted by Crippen LogP contribution is 2.13. The van der Waals surface area contributed by atoms with E-state index in [2.05, 4.69) is 15.5 Å². The number of carbonyl (C=O) groups excluding carboxylic acids is 1. The van der Waals surface area contributed by atoms with Gasteiger partial charge in [0.15, 0.2) is 6.29 Å². The van der Waals surface area contributed by atoms with E-state index in [4.69, 9.17) is 4.52 Å². The maximum Gasteiger partial charge on any atom is 0.235 e. The van der Waals surface area contributed by atoms with Crippen LogP contribution in [-0.4, -0.2) is 29.5 Å². The molecule has 0 aromatic carbocycles. The molecule has 0 bridgehead atoms. The van der Waals surface area contributed by atoms with Crippen molar-refractivity contribution in [2.75, 3.05) is 13.1 Å². The summed E-state index contributed by atoms with van der Waals surface area (Å²) in [6, 6.07) is 0. The molecule has 0 aliphatic carbocycles. The Morgan fingerprint density at radius 2 is 2.62 bits per heavy atom. The fourth-order valence-electron chi connectivity index (χ4n) is 1.53. The Kier molecular flexibility index (Phi) is 2.35. The van der Waals surface area contributed by atoms with Gasteiger partial charge in [-0.1, -0.05) is 5.16 Å². The molecule has 1 unspecified atom stereocenters. The van der Waals surface area contributed by atoms with Gasteiger partial charge < -0.3 is 9.84 Å². The van der Waals surface area contributed by atoms with Gasteiger partial charge in [-0.05, 0) is 25.4 Å². The van der Waals surface area contributed by atoms with Crippen LogP contribution in [0, 0.1) is 5.92 Å². The molecule has 0 amide bonds. The van der Waals surface area contributed by atoms with Gasteiger partial charge in [-0.15, -0.1) is 0 Å². The summed E-state index contributed by atoms with van der Waals surface area (Å²) in [4.78, 5) is 14.2. The molecule has 1 aliphatic heterocycles. The van der Waals surface area contributed by atoms with E-state index in [0.717, 1.165) is 25.9 Å². The Hall–Kier alpha value is -1.23. The second kappa shape index (κ2) is 3.66. The van der Waals surface area contributed by atoms with E-state index in [9.17, 15) is 4.79 Å². The van der Waals surface area contributed by atoms with Crippen molar-refractivity contribution in [2.24, 2.45) is 5.92 Å². The minimum absolute atomic E-state index is 0.140. The fraction of sp³-hybridized carbons (Fsp3) is 0.625. The van der Waals surface area contributed by atoms with Crippen molar-refractivity contribution in [1.29, 1.82) is 0 Å². The van der Waals surface area contributed by atoms with Gasteiger partial charge in [0.05, 0.1) is 0 Å². The Balaban J connectivity index is 1.96. The molecule has 0 spiro atoms. The first-order valence-electron chi connectivity index (χ1n) is 4.37. The minimum atomic E-state index is 0.140. The molecule has 70 valence electrons. The van der Waals surface area contributed by atoms with Crippen LogP contribution in [0.3, 0.4) is 0 Å². The molecule has 1 fully saturated rings. The zero-order chi connectivity index (χ0) is 9.10. The molecular weight excluding hydrogens is 170 g/mol. The molecule has 1 N–H and O–H groups in total. The topological polar surface area (TPSA) is 68.0 Å². The van der Waals surface area contributed by atoms with E-state index in [1.165, 1.54) is 0 Å². The summed E-state index contributed by atoms with van der Waals surface area (Å²) in [5.41, 5.74) is 0. The van der Waals surface area contributed by atoms with E-state index < -0.39 is 0 Å². The smallest absolute Gasteiger partial charge is 0.235 e. The number of nitrogens with zero attached hydrogens (tertiary/aromatic N) is 2. The Morgan fingerprint density at radius 1 is 1.69 bits per heavy atom. The third-order valence-electron chi connectivity index (χ3n) is 2.21. The first-order chi connectivity index (χ1) is 6.38. The molecule has 0 radical (unpaired) electrons. The van der Waals surface area contributed by atoms with Crippen molar-refractivity contribution in [3.8, 4) is 0 Å². The van der Waals surface area contributed by atoms with Gasteiger partial charge >= 0.3 is 0 Å². The first-order valence-corrected chi connectivity index (χ1v) is 4.37. The van der Waals surface area contributed by atoms with Crippen molar-refractivity contribution >= 4 is 6.29 Å². The number of rotatable bonds is 3. The predicted molar refractivity (Wildman–Crippen MR) is 44.4 cm³/mol. The molecule has 5 nitrogen and oxygen atoms in total. The Labute approximate surface area is 75.5 Å². The Bertz CT molecular complexity index is 291. The third kappa shape index (κ3) is 1.92. The molecule has 2 rings (SSSR count). The maximum absolute atomic E-state index is 10.3. The number of aromatic nitrogens is 2. The van der Waals surface area contributed by atoms with Gasteiger partial charge in [-0.25, -0.2) is 0 Å². The zero-order valence-corrected chi connectivity index (χ0v) is 7.19. The molecule has 1 saturated heterocycles. The number of hydrogen-bond acceptors (Lipinski definition) is 5. The van der Waals surface area contributed by atoms with Gasteiger partial charge in [0, 0.05) is 6.42 Å². The van der Waals surface area contributed by atoms with Crippen LogP contribution in [0.1, 0.15) is 22.9 Å². The molecule has 5 heteroatoms. The fourth-order valence-corrected chi connectivity index (χ4v) is 1.53. The van der Waals surface area contributed by atoms with Crippen LogP contribution in [0.15, 0.2) is 4.52 Å². The summed E-state index contributed by atoms with van der Waals surface area (Å²) in [7, 11) is 0. The normalized spacial score (nSPS) is 22.0. The van der Waals surface area contributed by atoms with Crippen LogP contribution in [0.25, 0.3) is 0 Å². The van der Waals surface area contributed by atoms with E-state index in [1.54, 1.807) is 0 Å². The van der Waals surface area contributed by atoms with Crippen LogP contribution in [0.4, 0.5) is 0 Å². The molecular formula is C8H11N3O2.